The van der Waals surface area contributed by atoms with Gasteiger partial charge in [-0.25, -0.2) is 0 Å². The Morgan fingerprint density at radius 3 is 2.61 bits per heavy atom. The summed E-state index contributed by atoms with van der Waals surface area (Å²) in [7, 11) is 1.72. The maximum Gasteiger partial charge on any atom is 0.137 e. The van der Waals surface area contributed by atoms with Crippen LogP contribution in [0.2, 0.25) is 5.02 Å². The summed E-state index contributed by atoms with van der Waals surface area (Å²) in [6, 6.07) is 5.63. The zero-order valence-electron chi connectivity index (χ0n) is 10.5. The summed E-state index contributed by atoms with van der Waals surface area (Å²) in [4.78, 5) is 0. The second-order valence-corrected chi connectivity index (χ2v) is 5.20. The monoisotopic (exact) mass is 335 g/mol. The summed E-state index contributed by atoms with van der Waals surface area (Å²) in [6.07, 6.45) is 2.00. The van der Waals surface area contributed by atoms with E-state index in [9.17, 15) is 0 Å². The van der Waals surface area contributed by atoms with Crippen LogP contribution in [0.15, 0.2) is 22.7 Å². The minimum Gasteiger partial charge on any atom is -0.492 e. The van der Waals surface area contributed by atoms with Gasteiger partial charge in [-0.15, -0.1) is 0 Å². The molecule has 1 aromatic carbocycles. The van der Waals surface area contributed by atoms with Crippen molar-refractivity contribution in [3.63, 3.8) is 0 Å². The molecule has 0 atom stereocenters. The van der Waals surface area contributed by atoms with Crippen LogP contribution in [0.4, 0.5) is 0 Å². The molecule has 18 heavy (non-hydrogen) atoms. The van der Waals surface area contributed by atoms with Crippen LogP contribution in [-0.4, -0.2) is 33.4 Å². The second-order valence-electron chi connectivity index (χ2n) is 3.87. The molecular formula is C13H19BrClNO2. The first-order chi connectivity index (χ1) is 8.74. The van der Waals surface area contributed by atoms with Crippen LogP contribution in [0.5, 0.6) is 5.75 Å². The van der Waals surface area contributed by atoms with Gasteiger partial charge in [0.25, 0.3) is 0 Å². The molecule has 0 saturated carbocycles. The summed E-state index contributed by atoms with van der Waals surface area (Å²) in [5.74, 6) is 0.735. The highest BCUT2D eigenvalue weighted by Crippen LogP contribution is 2.27. The van der Waals surface area contributed by atoms with E-state index in [1.807, 2.05) is 18.2 Å². The van der Waals surface area contributed by atoms with Gasteiger partial charge in [0.15, 0.2) is 0 Å². The average Bonchev–Trinajstić information content (AvgIpc) is 2.35. The van der Waals surface area contributed by atoms with Crippen LogP contribution >= 0.6 is 27.5 Å². The van der Waals surface area contributed by atoms with Crippen molar-refractivity contribution in [1.29, 1.82) is 0 Å². The molecule has 0 aromatic heterocycles. The molecule has 5 heteroatoms. The Labute approximate surface area is 122 Å². The number of rotatable bonds is 9. The van der Waals surface area contributed by atoms with Crippen molar-refractivity contribution < 1.29 is 9.47 Å². The molecule has 0 spiro atoms. The Balaban J connectivity index is 2.07. The van der Waals surface area contributed by atoms with E-state index >= 15 is 0 Å². The zero-order chi connectivity index (χ0) is 13.2. The molecule has 1 rings (SSSR count). The Morgan fingerprint density at radius 2 is 1.94 bits per heavy atom. The first kappa shape index (κ1) is 15.8. The van der Waals surface area contributed by atoms with Crippen molar-refractivity contribution in [3.05, 3.63) is 27.7 Å². The molecule has 0 aliphatic rings. The molecule has 0 heterocycles. The van der Waals surface area contributed by atoms with Gasteiger partial charge in [-0.05, 0) is 44.1 Å². The molecule has 0 radical (unpaired) electrons. The van der Waals surface area contributed by atoms with Crippen molar-refractivity contribution in [3.8, 4) is 5.75 Å². The van der Waals surface area contributed by atoms with Crippen LogP contribution in [0.1, 0.15) is 12.8 Å². The summed E-state index contributed by atoms with van der Waals surface area (Å²) < 4.78 is 11.5. The third-order valence-corrected chi connectivity index (χ3v) is 3.14. The standard InChI is InChI=1S/C13H19BrClNO2/c1-17-8-2-6-16-7-3-9-18-13-5-4-11(14)10-12(13)15/h4-5,10,16H,2-3,6-9H2,1H3. The number of halogens is 2. The van der Waals surface area contributed by atoms with Gasteiger partial charge < -0.3 is 14.8 Å². The first-order valence-electron chi connectivity index (χ1n) is 6.01. The molecule has 0 unspecified atom stereocenters. The lowest BCUT2D eigenvalue weighted by molar-refractivity contribution is 0.194. The third kappa shape index (κ3) is 6.59. The molecule has 0 saturated heterocycles. The minimum absolute atomic E-state index is 0.637. The molecular weight excluding hydrogens is 318 g/mol. The van der Waals surface area contributed by atoms with Crippen LogP contribution in [0.3, 0.4) is 0 Å². The van der Waals surface area contributed by atoms with Crippen molar-refractivity contribution >= 4 is 27.5 Å². The maximum absolute atomic E-state index is 6.04. The predicted molar refractivity (Wildman–Crippen MR) is 78.6 cm³/mol. The zero-order valence-corrected chi connectivity index (χ0v) is 12.9. The fraction of sp³-hybridized carbons (Fsp3) is 0.538. The molecule has 0 aliphatic carbocycles. The summed E-state index contributed by atoms with van der Waals surface area (Å²) in [6.45, 7) is 3.39. The topological polar surface area (TPSA) is 30.5 Å². The van der Waals surface area contributed by atoms with E-state index in [0.29, 0.717) is 11.6 Å². The number of ether oxygens (including phenoxy) is 2. The van der Waals surface area contributed by atoms with Crippen molar-refractivity contribution in [2.75, 3.05) is 33.4 Å². The van der Waals surface area contributed by atoms with E-state index in [1.54, 1.807) is 7.11 Å². The maximum atomic E-state index is 6.04. The Hall–Kier alpha value is -0.290. The van der Waals surface area contributed by atoms with E-state index in [0.717, 1.165) is 42.8 Å². The molecule has 3 nitrogen and oxygen atoms in total. The summed E-state index contributed by atoms with van der Waals surface area (Å²) in [5, 5.41) is 3.97. The van der Waals surface area contributed by atoms with Crippen molar-refractivity contribution in [2.45, 2.75) is 12.8 Å². The van der Waals surface area contributed by atoms with Crippen LogP contribution < -0.4 is 10.1 Å². The van der Waals surface area contributed by atoms with E-state index in [4.69, 9.17) is 21.1 Å². The largest absolute Gasteiger partial charge is 0.492 e. The quantitative estimate of drug-likeness (QED) is 0.700. The summed E-state index contributed by atoms with van der Waals surface area (Å²) in [5.41, 5.74) is 0. The van der Waals surface area contributed by atoms with Gasteiger partial charge in [-0.1, -0.05) is 27.5 Å². The normalized spacial score (nSPS) is 10.6. The number of nitrogens with one attached hydrogen (secondary N) is 1. The Morgan fingerprint density at radius 1 is 1.22 bits per heavy atom. The molecule has 102 valence electrons. The lowest BCUT2D eigenvalue weighted by Gasteiger charge is -2.08. The van der Waals surface area contributed by atoms with Gasteiger partial charge in [0, 0.05) is 18.2 Å². The highest BCUT2D eigenvalue weighted by Gasteiger charge is 2.01. The van der Waals surface area contributed by atoms with Gasteiger partial charge in [0.1, 0.15) is 5.75 Å². The number of hydrogen-bond donors (Lipinski definition) is 1. The van der Waals surface area contributed by atoms with Gasteiger partial charge >= 0.3 is 0 Å². The number of benzene rings is 1. The SMILES string of the molecule is COCCCNCCCOc1ccc(Br)cc1Cl. The first-order valence-corrected chi connectivity index (χ1v) is 7.18. The molecule has 1 aromatic rings. The van der Waals surface area contributed by atoms with E-state index < -0.39 is 0 Å². The van der Waals surface area contributed by atoms with Gasteiger partial charge in [0.2, 0.25) is 0 Å². The third-order valence-electron chi connectivity index (χ3n) is 2.35. The van der Waals surface area contributed by atoms with Gasteiger partial charge in [-0.3, -0.25) is 0 Å². The molecule has 0 aliphatic heterocycles. The Bertz CT molecular complexity index is 350. The Kier molecular flexibility index (Phi) is 8.42. The van der Waals surface area contributed by atoms with Crippen LogP contribution in [0.25, 0.3) is 0 Å². The molecule has 0 bridgehead atoms. The van der Waals surface area contributed by atoms with Crippen molar-refractivity contribution in [2.24, 2.45) is 0 Å². The second kappa shape index (κ2) is 9.62. The fourth-order valence-corrected chi connectivity index (χ4v) is 2.17. The summed E-state index contributed by atoms with van der Waals surface area (Å²) >= 11 is 9.40. The van der Waals surface area contributed by atoms with Gasteiger partial charge in [0.05, 0.1) is 11.6 Å². The lowest BCUT2D eigenvalue weighted by atomic mass is 10.3. The number of hydrogen-bond acceptors (Lipinski definition) is 3. The van der Waals surface area contributed by atoms with Crippen molar-refractivity contribution in [1.82, 2.24) is 5.32 Å². The molecule has 1 N–H and O–H groups in total. The number of methoxy groups -OCH3 is 1. The van der Waals surface area contributed by atoms with E-state index in [1.165, 1.54) is 0 Å². The van der Waals surface area contributed by atoms with Crippen LogP contribution in [-0.2, 0) is 4.74 Å². The van der Waals surface area contributed by atoms with E-state index in [2.05, 4.69) is 21.2 Å². The van der Waals surface area contributed by atoms with Crippen LogP contribution in [0, 0.1) is 0 Å². The van der Waals surface area contributed by atoms with E-state index in [-0.39, 0.29) is 0 Å². The fourth-order valence-electron chi connectivity index (χ4n) is 1.44. The van der Waals surface area contributed by atoms with Gasteiger partial charge in [-0.2, -0.15) is 0 Å². The lowest BCUT2D eigenvalue weighted by Crippen LogP contribution is -2.19. The predicted octanol–water partition coefficient (Wildman–Crippen LogP) is 3.50. The molecule has 0 fully saturated rings. The smallest absolute Gasteiger partial charge is 0.137 e. The highest BCUT2D eigenvalue weighted by atomic mass is 79.9. The minimum atomic E-state index is 0.637. The molecule has 0 amide bonds. The average molecular weight is 337 g/mol. The highest BCUT2D eigenvalue weighted by molar-refractivity contribution is 9.10.